The van der Waals surface area contributed by atoms with Gasteiger partial charge in [0.25, 0.3) is 0 Å². The maximum Gasteiger partial charge on any atom is 0.0613 e. The molecule has 2 N–H and O–H groups in total. The van der Waals surface area contributed by atoms with Gasteiger partial charge in [0, 0.05) is 5.54 Å². The summed E-state index contributed by atoms with van der Waals surface area (Å²) in [6.07, 6.45) is 11.9. The Balaban J connectivity index is 2.35. The molecule has 0 atom stereocenters. The van der Waals surface area contributed by atoms with Crippen LogP contribution in [0.1, 0.15) is 71.6 Å². The summed E-state index contributed by atoms with van der Waals surface area (Å²) in [5.41, 5.74) is -0.0254. The predicted molar refractivity (Wildman–Crippen MR) is 74.2 cm³/mol. The molecule has 1 aliphatic rings. The summed E-state index contributed by atoms with van der Waals surface area (Å²) in [6, 6.07) is 0. The van der Waals surface area contributed by atoms with Crippen molar-refractivity contribution in [2.45, 2.75) is 77.2 Å². The van der Waals surface area contributed by atoms with Crippen molar-refractivity contribution in [3.8, 4) is 0 Å². The zero-order chi connectivity index (χ0) is 12.6. The van der Waals surface area contributed by atoms with Gasteiger partial charge in [0.15, 0.2) is 0 Å². The maximum absolute atomic E-state index is 9.54. The van der Waals surface area contributed by atoms with E-state index in [1.807, 2.05) is 0 Å². The second kappa shape index (κ2) is 8.10. The molecule has 0 aromatic heterocycles. The van der Waals surface area contributed by atoms with Gasteiger partial charge in [-0.3, -0.25) is 0 Å². The first-order valence-electron chi connectivity index (χ1n) is 7.62. The lowest BCUT2D eigenvalue weighted by Crippen LogP contribution is -2.49. The van der Waals surface area contributed by atoms with Crippen LogP contribution in [0.4, 0.5) is 0 Å². The van der Waals surface area contributed by atoms with Crippen LogP contribution in [0.5, 0.6) is 0 Å². The van der Waals surface area contributed by atoms with Crippen LogP contribution in [0.15, 0.2) is 0 Å². The third-order valence-corrected chi connectivity index (χ3v) is 4.65. The molecule has 102 valence electrons. The third-order valence-electron chi connectivity index (χ3n) is 4.65. The summed E-state index contributed by atoms with van der Waals surface area (Å²) in [7, 11) is 0. The first-order chi connectivity index (χ1) is 8.26. The van der Waals surface area contributed by atoms with E-state index in [-0.39, 0.29) is 12.1 Å². The molecule has 0 amide bonds. The molecule has 17 heavy (non-hydrogen) atoms. The summed E-state index contributed by atoms with van der Waals surface area (Å²) in [5, 5.41) is 13.2. The third kappa shape index (κ3) is 4.97. The average molecular weight is 241 g/mol. The van der Waals surface area contributed by atoms with Crippen LogP contribution < -0.4 is 5.32 Å². The van der Waals surface area contributed by atoms with Gasteiger partial charge in [0.2, 0.25) is 0 Å². The second-order valence-corrected chi connectivity index (χ2v) is 5.74. The first kappa shape index (κ1) is 15.0. The zero-order valence-corrected chi connectivity index (χ0v) is 11.8. The van der Waals surface area contributed by atoms with Crippen LogP contribution in [0.2, 0.25) is 0 Å². The van der Waals surface area contributed by atoms with Gasteiger partial charge in [-0.25, -0.2) is 0 Å². The monoisotopic (exact) mass is 241 g/mol. The highest BCUT2D eigenvalue weighted by Crippen LogP contribution is 2.23. The summed E-state index contributed by atoms with van der Waals surface area (Å²) in [6.45, 7) is 5.71. The normalized spacial score (nSPS) is 19.9. The fourth-order valence-electron chi connectivity index (χ4n) is 2.89. The molecule has 1 fully saturated rings. The molecule has 0 aliphatic heterocycles. The maximum atomic E-state index is 9.54. The number of nitrogens with one attached hydrogen (secondary N) is 1. The predicted octanol–water partition coefficient (Wildman–Crippen LogP) is 3.49. The Morgan fingerprint density at radius 1 is 1.00 bits per heavy atom. The lowest BCUT2D eigenvalue weighted by Gasteiger charge is -2.33. The van der Waals surface area contributed by atoms with Gasteiger partial charge in [0.05, 0.1) is 6.61 Å². The molecule has 2 nitrogen and oxygen atoms in total. The SMILES string of the molecule is CCC(CC)(CO)NCC1CCCCCCC1. The molecule has 2 heteroatoms. The van der Waals surface area contributed by atoms with E-state index in [9.17, 15) is 5.11 Å². The van der Waals surface area contributed by atoms with Crippen molar-refractivity contribution in [3.05, 3.63) is 0 Å². The topological polar surface area (TPSA) is 32.3 Å². The second-order valence-electron chi connectivity index (χ2n) is 5.74. The van der Waals surface area contributed by atoms with Gasteiger partial charge in [-0.2, -0.15) is 0 Å². The first-order valence-corrected chi connectivity index (χ1v) is 7.62. The Morgan fingerprint density at radius 3 is 2.00 bits per heavy atom. The van der Waals surface area contributed by atoms with Gasteiger partial charge in [-0.1, -0.05) is 46.0 Å². The largest absolute Gasteiger partial charge is 0.394 e. The number of hydrogen-bond donors (Lipinski definition) is 2. The lowest BCUT2D eigenvalue weighted by molar-refractivity contribution is 0.142. The van der Waals surface area contributed by atoms with Crippen molar-refractivity contribution < 1.29 is 5.11 Å². The minimum absolute atomic E-state index is 0.0254. The molecule has 0 aromatic rings. The van der Waals surface area contributed by atoms with E-state index >= 15 is 0 Å². The Hall–Kier alpha value is -0.0800. The van der Waals surface area contributed by atoms with E-state index in [4.69, 9.17) is 0 Å². The summed E-state index contributed by atoms with van der Waals surface area (Å²) < 4.78 is 0. The fraction of sp³-hybridized carbons (Fsp3) is 1.00. The average Bonchev–Trinajstić information content (AvgIpc) is 2.33. The molecule has 0 heterocycles. The number of rotatable bonds is 6. The van der Waals surface area contributed by atoms with Gasteiger partial charge in [0.1, 0.15) is 0 Å². The van der Waals surface area contributed by atoms with Gasteiger partial charge >= 0.3 is 0 Å². The van der Waals surface area contributed by atoms with E-state index in [1.54, 1.807) is 0 Å². The van der Waals surface area contributed by atoms with Crippen LogP contribution in [-0.2, 0) is 0 Å². The van der Waals surface area contributed by atoms with Crippen molar-refractivity contribution >= 4 is 0 Å². The van der Waals surface area contributed by atoms with E-state index in [0.717, 1.165) is 25.3 Å². The Kier molecular flexibility index (Phi) is 7.14. The van der Waals surface area contributed by atoms with Crippen LogP contribution in [0.25, 0.3) is 0 Å². The van der Waals surface area contributed by atoms with Crippen LogP contribution in [-0.4, -0.2) is 23.8 Å². The van der Waals surface area contributed by atoms with E-state index in [2.05, 4.69) is 19.2 Å². The number of hydrogen-bond acceptors (Lipinski definition) is 2. The molecular formula is C15H31NO. The Morgan fingerprint density at radius 2 is 1.53 bits per heavy atom. The molecule has 0 aromatic carbocycles. The molecule has 0 unspecified atom stereocenters. The van der Waals surface area contributed by atoms with E-state index in [1.165, 1.54) is 44.9 Å². The Labute approximate surface area is 107 Å². The van der Waals surface area contributed by atoms with Crippen molar-refractivity contribution in [2.75, 3.05) is 13.2 Å². The molecule has 1 aliphatic carbocycles. The zero-order valence-electron chi connectivity index (χ0n) is 11.8. The number of aliphatic hydroxyl groups is 1. The van der Waals surface area contributed by atoms with Crippen LogP contribution >= 0.6 is 0 Å². The van der Waals surface area contributed by atoms with E-state index in [0.29, 0.717) is 0 Å². The molecule has 1 rings (SSSR count). The van der Waals surface area contributed by atoms with Crippen LogP contribution in [0, 0.1) is 5.92 Å². The van der Waals surface area contributed by atoms with Gasteiger partial charge in [-0.15, -0.1) is 0 Å². The van der Waals surface area contributed by atoms with Crippen molar-refractivity contribution in [2.24, 2.45) is 5.92 Å². The van der Waals surface area contributed by atoms with Crippen LogP contribution in [0.3, 0.4) is 0 Å². The molecule has 0 radical (unpaired) electrons. The molecule has 0 saturated heterocycles. The number of aliphatic hydroxyl groups excluding tert-OH is 1. The molecule has 0 spiro atoms. The fourth-order valence-corrected chi connectivity index (χ4v) is 2.89. The minimum atomic E-state index is -0.0254. The van der Waals surface area contributed by atoms with Crippen molar-refractivity contribution in [1.82, 2.24) is 5.32 Å². The highest BCUT2D eigenvalue weighted by atomic mass is 16.3. The van der Waals surface area contributed by atoms with Gasteiger partial charge in [-0.05, 0) is 38.1 Å². The minimum Gasteiger partial charge on any atom is -0.394 e. The summed E-state index contributed by atoms with van der Waals surface area (Å²) in [5.74, 6) is 0.833. The highest BCUT2D eigenvalue weighted by Gasteiger charge is 2.25. The Bertz CT molecular complexity index is 173. The smallest absolute Gasteiger partial charge is 0.0613 e. The highest BCUT2D eigenvalue weighted by molar-refractivity contribution is 4.85. The summed E-state index contributed by atoms with van der Waals surface area (Å²) in [4.78, 5) is 0. The molecule has 1 saturated carbocycles. The van der Waals surface area contributed by atoms with Crippen molar-refractivity contribution in [3.63, 3.8) is 0 Å². The molecular weight excluding hydrogens is 210 g/mol. The quantitative estimate of drug-likeness (QED) is 0.746. The van der Waals surface area contributed by atoms with Crippen molar-refractivity contribution in [1.29, 1.82) is 0 Å². The van der Waals surface area contributed by atoms with Gasteiger partial charge < -0.3 is 10.4 Å². The standard InChI is InChI=1S/C15H31NO/c1-3-15(4-2,13-17)16-12-14-10-8-6-5-7-9-11-14/h14,16-17H,3-13H2,1-2H3. The lowest BCUT2D eigenvalue weighted by atomic mass is 9.88. The van der Waals surface area contributed by atoms with E-state index < -0.39 is 0 Å². The molecule has 0 bridgehead atoms. The summed E-state index contributed by atoms with van der Waals surface area (Å²) >= 11 is 0.